The summed E-state index contributed by atoms with van der Waals surface area (Å²) in [5, 5.41) is 0. The molecule has 104 valence electrons. The second-order valence-corrected chi connectivity index (χ2v) is 6.11. The normalized spacial score (nSPS) is 25.8. The SMILES string of the molecule is Nc1ncccc1CCC1CCC2(CCCCC2)O1. The minimum Gasteiger partial charge on any atom is -0.383 e. The highest BCUT2D eigenvalue weighted by atomic mass is 16.5. The van der Waals surface area contributed by atoms with Crippen molar-refractivity contribution in [3.8, 4) is 0 Å². The lowest BCUT2D eigenvalue weighted by Gasteiger charge is -2.33. The minimum absolute atomic E-state index is 0.239. The summed E-state index contributed by atoms with van der Waals surface area (Å²) in [6, 6.07) is 4.04. The van der Waals surface area contributed by atoms with Crippen molar-refractivity contribution in [2.75, 3.05) is 5.73 Å². The summed E-state index contributed by atoms with van der Waals surface area (Å²) < 4.78 is 6.39. The number of aromatic nitrogens is 1. The van der Waals surface area contributed by atoms with Gasteiger partial charge in [-0.25, -0.2) is 4.98 Å². The van der Waals surface area contributed by atoms with E-state index in [1.807, 2.05) is 6.07 Å². The number of nitrogens with two attached hydrogens (primary N) is 1. The molecule has 2 N–H and O–H groups in total. The highest BCUT2D eigenvalue weighted by Crippen LogP contribution is 2.42. The van der Waals surface area contributed by atoms with Gasteiger partial charge in [0.25, 0.3) is 0 Å². The number of nitrogens with zero attached hydrogens (tertiary/aromatic N) is 1. The molecule has 1 atom stereocenters. The predicted molar refractivity (Wildman–Crippen MR) is 76.9 cm³/mol. The molecule has 1 aromatic heterocycles. The molecular formula is C16H24N2O. The Balaban J connectivity index is 1.53. The Hall–Kier alpha value is -1.09. The third-order valence-corrected chi connectivity index (χ3v) is 4.77. The molecule has 1 unspecified atom stereocenters. The number of hydrogen-bond donors (Lipinski definition) is 1. The lowest BCUT2D eigenvalue weighted by molar-refractivity contribution is -0.0653. The smallest absolute Gasteiger partial charge is 0.126 e. The fourth-order valence-corrected chi connectivity index (χ4v) is 3.64. The average Bonchev–Trinajstić information content (AvgIpc) is 2.82. The maximum Gasteiger partial charge on any atom is 0.126 e. The van der Waals surface area contributed by atoms with Gasteiger partial charge >= 0.3 is 0 Å². The minimum atomic E-state index is 0.239. The molecule has 1 saturated heterocycles. The van der Waals surface area contributed by atoms with Crippen molar-refractivity contribution in [3.63, 3.8) is 0 Å². The quantitative estimate of drug-likeness (QED) is 0.905. The molecule has 1 spiro atoms. The van der Waals surface area contributed by atoms with Crippen LogP contribution < -0.4 is 5.73 Å². The first kappa shape index (κ1) is 12.9. The number of aryl methyl sites for hydroxylation is 1. The first-order valence-corrected chi connectivity index (χ1v) is 7.65. The van der Waals surface area contributed by atoms with Gasteiger partial charge in [0.15, 0.2) is 0 Å². The van der Waals surface area contributed by atoms with Crippen molar-refractivity contribution < 1.29 is 4.74 Å². The van der Waals surface area contributed by atoms with Crippen LogP contribution in [-0.2, 0) is 11.2 Å². The molecule has 2 aliphatic rings. The number of ether oxygens (including phenoxy) is 1. The van der Waals surface area contributed by atoms with Gasteiger partial charge in [0.1, 0.15) is 5.82 Å². The van der Waals surface area contributed by atoms with Crippen LogP contribution in [0.2, 0.25) is 0 Å². The maximum absolute atomic E-state index is 6.39. The Kier molecular flexibility index (Phi) is 3.74. The molecule has 2 heterocycles. The van der Waals surface area contributed by atoms with Crippen molar-refractivity contribution in [2.24, 2.45) is 0 Å². The highest BCUT2D eigenvalue weighted by molar-refractivity contribution is 5.38. The van der Waals surface area contributed by atoms with Crippen LogP contribution in [0.15, 0.2) is 18.3 Å². The topological polar surface area (TPSA) is 48.1 Å². The fourth-order valence-electron chi connectivity index (χ4n) is 3.64. The highest BCUT2D eigenvalue weighted by Gasteiger charge is 2.40. The van der Waals surface area contributed by atoms with Crippen LogP contribution in [0.3, 0.4) is 0 Å². The van der Waals surface area contributed by atoms with Gasteiger partial charge in [-0.2, -0.15) is 0 Å². The molecular weight excluding hydrogens is 236 g/mol. The zero-order chi connectivity index (χ0) is 13.1. The van der Waals surface area contributed by atoms with E-state index in [1.165, 1.54) is 44.9 Å². The molecule has 0 radical (unpaired) electrons. The summed E-state index contributed by atoms with van der Waals surface area (Å²) in [5.41, 5.74) is 7.29. The molecule has 0 aromatic carbocycles. The standard InChI is InChI=1S/C16H24N2O/c17-15-13(5-4-12-18-15)6-7-14-8-11-16(19-14)9-2-1-3-10-16/h4-5,12,14H,1-3,6-11H2,(H2,17,18). The van der Waals surface area contributed by atoms with Crippen LogP contribution in [0.1, 0.15) is 56.9 Å². The summed E-state index contributed by atoms with van der Waals surface area (Å²) in [4.78, 5) is 4.14. The predicted octanol–water partition coefficient (Wildman–Crippen LogP) is 3.48. The van der Waals surface area contributed by atoms with E-state index in [9.17, 15) is 0 Å². The summed E-state index contributed by atoms with van der Waals surface area (Å²) in [7, 11) is 0. The molecule has 2 fully saturated rings. The molecule has 3 nitrogen and oxygen atoms in total. The van der Waals surface area contributed by atoms with E-state index in [4.69, 9.17) is 10.5 Å². The lowest BCUT2D eigenvalue weighted by atomic mass is 9.83. The number of rotatable bonds is 3. The molecule has 0 bridgehead atoms. The van der Waals surface area contributed by atoms with Gasteiger partial charge in [0.05, 0.1) is 11.7 Å². The molecule has 1 aliphatic carbocycles. The van der Waals surface area contributed by atoms with E-state index in [2.05, 4.69) is 11.1 Å². The summed E-state index contributed by atoms with van der Waals surface area (Å²) in [6.07, 6.45) is 13.4. The van der Waals surface area contributed by atoms with Crippen molar-refractivity contribution in [2.45, 2.75) is 69.5 Å². The Morgan fingerprint density at radius 2 is 2.11 bits per heavy atom. The Bertz CT molecular complexity index is 427. The Labute approximate surface area is 115 Å². The largest absolute Gasteiger partial charge is 0.383 e. The summed E-state index contributed by atoms with van der Waals surface area (Å²) in [5.74, 6) is 0.674. The van der Waals surface area contributed by atoms with E-state index >= 15 is 0 Å². The third-order valence-electron chi connectivity index (χ3n) is 4.77. The second-order valence-electron chi connectivity index (χ2n) is 6.11. The van der Waals surface area contributed by atoms with Gasteiger partial charge in [0, 0.05) is 6.20 Å². The first-order chi connectivity index (χ1) is 9.27. The van der Waals surface area contributed by atoms with Gasteiger partial charge in [-0.1, -0.05) is 25.3 Å². The zero-order valence-corrected chi connectivity index (χ0v) is 11.6. The van der Waals surface area contributed by atoms with Crippen LogP contribution >= 0.6 is 0 Å². The van der Waals surface area contributed by atoms with Crippen LogP contribution in [0.5, 0.6) is 0 Å². The maximum atomic E-state index is 6.39. The molecule has 1 saturated carbocycles. The van der Waals surface area contributed by atoms with Crippen molar-refractivity contribution >= 4 is 5.82 Å². The molecule has 1 aromatic rings. The van der Waals surface area contributed by atoms with Crippen LogP contribution in [-0.4, -0.2) is 16.7 Å². The van der Waals surface area contributed by atoms with Gasteiger partial charge in [-0.15, -0.1) is 0 Å². The van der Waals surface area contributed by atoms with E-state index in [1.54, 1.807) is 6.20 Å². The number of hydrogen-bond acceptors (Lipinski definition) is 3. The summed E-state index contributed by atoms with van der Waals surface area (Å²) >= 11 is 0. The monoisotopic (exact) mass is 260 g/mol. The number of anilines is 1. The van der Waals surface area contributed by atoms with Crippen molar-refractivity contribution in [3.05, 3.63) is 23.9 Å². The third kappa shape index (κ3) is 2.92. The first-order valence-electron chi connectivity index (χ1n) is 7.65. The van der Waals surface area contributed by atoms with E-state index in [0.717, 1.165) is 18.4 Å². The fraction of sp³-hybridized carbons (Fsp3) is 0.688. The number of pyridine rings is 1. The summed E-state index contributed by atoms with van der Waals surface area (Å²) in [6.45, 7) is 0. The lowest BCUT2D eigenvalue weighted by Crippen LogP contribution is -2.31. The average molecular weight is 260 g/mol. The van der Waals surface area contributed by atoms with Crippen LogP contribution in [0.25, 0.3) is 0 Å². The Morgan fingerprint density at radius 3 is 2.89 bits per heavy atom. The second kappa shape index (κ2) is 5.49. The van der Waals surface area contributed by atoms with Crippen molar-refractivity contribution in [1.82, 2.24) is 4.98 Å². The van der Waals surface area contributed by atoms with E-state index in [0.29, 0.717) is 11.9 Å². The van der Waals surface area contributed by atoms with Gasteiger partial charge in [-0.3, -0.25) is 0 Å². The Morgan fingerprint density at radius 1 is 1.26 bits per heavy atom. The molecule has 3 heteroatoms. The van der Waals surface area contributed by atoms with E-state index in [-0.39, 0.29) is 5.60 Å². The van der Waals surface area contributed by atoms with E-state index < -0.39 is 0 Å². The van der Waals surface area contributed by atoms with Crippen LogP contribution in [0.4, 0.5) is 5.82 Å². The van der Waals surface area contributed by atoms with Crippen LogP contribution in [0, 0.1) is 0 Å². The molecule has 0 amide bonds. The van der Waals surface area contributed by atoms with Gasteiger partial charge in [0.2, 0.25) is 0 Å². The molecule has 1 aliphatic heterocycles. The molecule has 3 rings (SSSR count). The molecule has 19 heavy (non-hydrogen) atoms. The van der Waals surface area contributed by atoms with Gasteiger partial charge in [-0.05, 0) is 50.2 Å². The zero-order valence-electron chi connectivity index (χ0n) is 11.6. The van der Waals surface area contributed by atoms with Crippen molar-refractivity contribution in [1.29, 1.82) is 0 Å². The number of nitrogen functional groups attached to an aromatic ring is 1. The van der Waals surface area contributed by atoms with Gasteiger partial charge < -0.3 is 10.5 Å².